The number of ether oxygens (including phenoxy) is 1. The minimum absolute atomic E-state index is 0.230. The molecule has 152 valence electrons. The summed E-state index contributed by atoms with van der Waals surface area (Å²) < 4.78 is 10.3. The van der Waals surface area contributed by atoms with Crippen LogP contribution in [0.4, 0.5) is 5.82 Å². The van der Waals surface area contributed by atoms with E-state index in [9.17, 15) is 0 Å². The molecular weight excluding hydrogens is 376 g/mol. The molecular formula is C23H24N6O. The molecule has 0 fully saturated rings. The molecule has 7 nitrogen and oxygen atoms in total. The molecule has 0 aliphatic carbocycles. The second-order valence-corrected chi connectivity index (χ2v) is 7.68. The molecule has 1 aliphatic rings. The van der Waals surface area contributed by atoms with Gasteiger partial charge in [0.05, 0.1) is 17.6 Å². The normalized spacial score (nSPS) is 15.2. The topological polar surface area (TPSA) is 83.8 Å². The highest BCUT2D eigenvalue weighted by Gasteiger charge is 2.22. The van der Waals surface area contributed by atoms with Gasteiger partial charge in [-0.15, -0.1) is 0 Å². The molecule has 30 heavy (non-hydrogen) atoms. The van der Waals surface area contributed by atoms with Crippen LogP contribution in [0.15, 0.2) is 48.9 Å². The van der Waals surface area contributed by atoms with E-state index in [1.807, 2.05) is 34.7 Å². The Balaban J connectivity index is 1.79. The first-order valence-corrected chi connectivity index (χ1v) is 10.2. The van der Waals surface area contributed by atoms with E-state index in [2.05, 4.69) is 53.3 Å². The quantitative estimate of drug-likeness (QED) is 0.520. The fourth-order valence-corrected chi connectivity index (χ4v) is 4.13. The molecule has 0 spiro atoms. The third kappa shape index (κ3) is 2.94. The van der Waals surface area contributed by atoms with Crippen molar-refractivity contribution in [2.24, 2.45) is 0 Å². The summed E-state index contributed by atoms with van der Waals surface area (Å²) in [6, 6.07) is 10.4. The lowest BCUT2D eigenvalue weighted by molar-refractivity contribution is 0.227. The third-order valence-electron chi connectivity index (χ3n) is 5.62. The van der Waals surface area contributed by atoms with E-state index in [1.165, 1.54) is 0 Å². The molecule has 1 aromatic carbocycles. The summed E-state index contributed by atoms with van der Waals surface area (Å²) in [5.74, 6) is 0.948. The van der Waals surface area contributed by atoms with Gasteiger partial charge in [-0.3, -0.25) is 4.68 Å². The maximum absolute atomic E-state index is 6.34. The van der Waals surface area contributed by atoms with E-state index < -0.39 is 0 Å². The van der Waals surface area contributed by atoms with Crippen LogP contribution < -0.4 is 10.5 Å². The van der Waals surface area contributed by atoms with Gasteiger partial charge >= 0.3 is 0 Å². The van der Waals surface area contributed by atoms with E-state index in [0.29, 0.717) is 18.0 Å². The minimum atomic E-state index is -0.230. The Kier molecular flexibility index (Phi) is 4.31. The number of rotatable bonds is 1. The van der Waals surface area contributed by atoms with Crippen molar-refractivity contribution in [1.82, 2.24) is 24.5 Å². The lowest BCUT2D eigenvalue weighted by Gasteiger charge is -2.22. The fraction of sp³-hybridized carbons (Fsp3) is 0.261. The second kappa shape index (κ2) is 7.02. The average molecular weight is 400 g/mol. The number of aromatic nitrogens is 5. The van der Waals surface area contributed by atoms with Gasteiger partial charge in [0.1, 0.15) is 6.10 Å². The molecule has 4 aromatic rings. The summed E-state index contributed by atoms with van der Waals surface area (Å²) >= 11 is 0. The van der Waals surface area contributed by atoms with Crippen LogP contribution in [0.3, 0.4) is 0 Å². The molecule has 1 atom stereocenters. The van der Waals surface area contributed by atoms with E-state index in [0.717, 1.165) is 45.9 Å². The lowest BCUT2D eigenvalue weighted by Crippen LogP contribution is -2.13. The molecule has 0 amide bonds. The van der Waals surface area contributed by atoms with Gasteiger partial charge in [0.2, 0.25) is 0 Å². The van der Waals surface area contributed by atoms with Gasteiger partial charge in [0.15, 0.2) is 11.6 Å². The minimum Gasteiger partial charge on any atom is -0.482 e. The summed E-state index contributed by atoms with van der Waals surface area (Å²) in [7, 11) is 0. The Morgan fingerprint density at radius 2 is 2.03 bits per heavy atom. The molecule has 5 rings (SSSR count). The smallest absolute Gasteiger partial charge is 0.166 e. The first-order chi connectivity index (χ1) is 14.5. The summed E-state index contributed by atoms with van der Waals surface area (Å²) in [5.41, 5.74) is 13.6. The number of benzene rings is 1. The number of fused-ring (bicyclic) bond motifs is 7. The largest absolute Gasteiger partial charge is 0.482 e. The number of nitrogen functional groups attached to an aromatic ring is 1. The molecule has 7 heteroatoms. The number of nitrogens with two attached hydrogens (primary N) is 1. The van der Waals surface area contributed by atoms with E-state index >= 15 is 0 Å². The van der Waals surface area contributed by atoms with Crippen molar-refractivity contribution in [2.45, 2.75) is 39.8 Å². The maximum atomic E-state index is 6.34. The number of hydrogen-bond acceptors (Lipinski definition) is 5. The van der Waals surface area contributed by atoms with Gasteiger partial charge in [-0.2, -0.15) is 10.2 Å². The molecule has 4 heterocycles. The first kappa shape index (κ1) is 18.4. The highest BCUT2D eigenvalue weighted by atomic mass is 16.5. The Hall–Kier alpha value is -3.61. The molecule has 1 unspecified atom stereocenters. The predicted molar refractivity (Wildman–Crippen MR) is 116 cm³/mol. The van der Waals surface area contributed by atoms with Gasteiger partial charge < -0.3 is 10.5 Å². The fourth-order valence-electron chi connectivity index (χ4n) is 4.13. The van der Waals surface area contributed by atoms with Gasteiger partial charge in [0, 0.05) is 47.7 Å². The maximum Gasteiger partial charge on any atom is 0.166 e. The van der Waals surface area contributed by atoms with E-state index in [-0.39, 0.29) is 6.10 Å². The second-order valence-electron chi connectivity index (χ2n) is 7.68. The Bertz CT molecular complexity index is 1240. The van der Waals surface area contributed by atoms with E-state index in [1.54, 1.807) is 6.20 Å². The number of hydrogen-bond donors (Lipinski definition) is 1. The van der Waals surface area contributed by atoms with Gasteiger partial charge in [-0.1, -0.05) is 17.7 Å². The summed E-state index contributed by atoms with van der Waals surface area (Å²) in [6.45, 7) is 6.94. The van der Waals surface area contributed by atoms with Gasteiger partial charge in [0.25, 0.3) is 0 Å². The average Bonchev–Trinajstić information content (AvgIpc) is 3.36. The highest BCUT2D eigenvalue weighted by molar-refractivity contribution is 5.68. The van der Waals surface area contributed by atoms with Gasteiger partial charge in [-0.25, -0.2) is 9.67 Å². The number of nitrogens with zero attached hydrogens (tertiary/aromatic N) is 5. The van der Waals surface area contributed by atoms with Crippen LogP contribution >= 0.6 is 0 Å². The molecule has 2 bridgehead atoms. The van der Waals surface area contributed by atoms with Crippen molar-refractivity contribution in [2.75, 3.05) is 5.73 Å². The van der Waals surface area contributed by atoms with Crippen LogP contribution in [-0.2, 0) is 13.0 Å². The molecule has 3 aromatic heterocycles. The number of anilines is 1. The molecule has 0 saturated carbocycles. The van der Waals surface area contributed by atoms with Crippen molar-refractivity contribution in [3.63, 3.8) is 0 Å². The number of pyridine rings is 1. The zero-order valence-corrected chi connectivity index (χ0v) is 17.3. The first-order valence-electron chi connectivity index (χ1n) is 10.2. The van der Waals surface area contributed by atoms with Crippen LogP contribution in [0.2, 0.25) is 0 Å². The van der Waals surface area contributed by atoms with Crippen molar-refractivity contribution in [3.8, 4) is 22.7 Å². The van der Waals surface area contributed by atoms with Gasteiger partial charge in [-0.05, 0) is 39.0 Å². The Labute approximate surface area is 175 Å². The van der Waals surface area contributed by atoms with Crippen molar-refractivity contribution < 1.29 is 4.74 Å². The Morgan fingerprint density at radius 1 is 1.17 bits per heavy atom. The molecule has 1 aliphatic heterocycles. The predicted octanol–water partition coefficient (Wildman–Crippen LogP) is 4.09. The van der Waals surface area contributed by atoms with Crippen LogP contribution in [0.1, 0.15) is 42.3 Å². The van der Waals surface area contributed by atoms with Crippen LogP contribution in [0, 0.1) is 6.92 Å². The third-order valence-corrected chi connectivity index (χ3v) is 5.62. The van der Waals surface area contributed by atoms with Crippen molar-refractivity contribution in [1.29, 1.82) is 0 Å². The molecule has 0 radical (unpaired) electrons. The summed E-state index contributed by atoms with van der Waals surface area (Å²) in [6.07, 6.45) is 6.04. The zero-order chi connectivity index (χ0) is 20.8. The monoisotopic (exact) mass is 400 g/mol. The lowest BCUT2D eigenvalue weighted by atomic mass is 10.0. The number of aryl methyl sites for hydroxylation is 2. The Morgan fingerprint density at radius 3 is 2.87 bits per heavy atom. The van der Waals surface area contributed by atoms with Crippen LogP contribution in [0.25, 0.3) is 16.9 Å². The standard InChI is InChI=1S/C23H24N6O/c1-4-28-22-16(13-27-28)10-18-7-8-26-29(18)20-6-5-14(2)9-19(20)15(3)30-21-11-17(22)12-25-23(21)24/h5-9,11-13,15H,4,10H2,1-3H3,(H2,24,25). The summed E-state index contributed by atoms with van der Waals surface area (Å²) in [4.78, 5) is 4.42. The SMILES string of the molecule is CCn1ncc2c1-c1cnc(N)c(c1)OC(C)c1cc(C)ccc1-n1nccc1C2. The molecule has 2 N–H and O–H groups in total. The van der Waals surface area contributed by atoms with Crippen LogP contribution in [0.5, 0.6) is 5.75 Å². The van der Waals surface area contributed by atoms with Crippen molar-refractivity contribution in [3.05, 3.63) is 71.3 Å². The van der Waals surface area contributed by atoms with Crippen LogP contribution in [-0.4, -0.2) is 24.5 Å². The summed E-state index contributed by atoms with van der Waals surface area (Å²) in [5, 5.41) is 9.23. The molecule has 0 saturated heterocycles. The zero-order valence-electron chi connectivity index (χ0n) is 17.3. The van der Waals surface area contributed by atoms with E-state index in [4.69, 9.17) is 10.5 Å². The highest BCUT2D eigenvalue weighted by Crippen LogP contribution is 2.35. The van der Waals surface area contributed by atoms with Crippen molar-refractivity contribution >= 4 is 5.82 Å².